The predicted molar refractivity (Wildman–Crippen MR) is 67.3 cm³/mol. The van der Waals surface area contributed by atoms with Gasteiger partial charge in [0.1, 0.15) is 17.5 Å². The summed E-state index contributed by atoms with van der Waals surface area (Å²) in [5.74, 6) is 0.799. The molecule has 0 amide bonds. The van der Waals surface area contributed by atoms with Gasteiger partial charge in [-0.05, 0) is 19.8 Å². The standard InChI is InChI=1S/C12H17F3N4/c1-8-17-10(16-2)7-11(18-8)19-5-3-9(4-6-19)12(13,14)15/h7,9H,3-6H2,1-2H3,(H,16,17,18). The van der Waals surface area contributed by atoms with Gasteiger partial charge in [-0.3, -0.25) is 0 Å². The number of nitrogens with one attached hydrogen (secondary N) is 1. The number of anilines is 2. The molecule has 0 spiro atoms. The van der Waals surface area contributed by atoms with Crippen LogP contribution in [0.4, 0.5) is 24.8 Å². The van der Waals surface area contributed by atoms with Crippen LogP contribution in [0.1, 0.15) is 18.7 Å². The number of hydrogen-bond acceptors (Lipinski definition) is 4. The summed E-state index contributed by atoms with van der Waals surface area (Å²) in [6.45, 7) is 2.53. The van der Waals surface area contributed by atoms with Crippen molar-refractivity contribution in [3.63, 3.8) is 0 Å². The lowest BCUT2D eigenvalue weighted by atomic mass is 9.96. The normalized spacial score (nSPS) is 17.6. The number of halogens is 3. The first-order valence-corrected chi connectivity index (χ1v) is 6.25. The molecule has 0 saturated carbocycles. The van der Waals surface area contributed by atoms with Crippen molar-refractivity contribution in [2.75, 3.05) is 30.4 Å². The molecule has 1 aliphatic heterocycles. The van der Waals surface area contributed by atoms with E-state index < -0.39 is 12.1 Å². The van der Waals surface area contributed by atoms with E-state index in [1.807, 2.05) is 4.90 Å². The Morgan fingerprint density at radius 3 is 2.42 bits per heavy atom. The Balaban J connectivity index is 2.07. The molecule has 1 aliphatic rings. The number of alkyl halides is 3. The first kappa shape index (κ1) is 13.9. The topological polar surface area (TPSA) is 41.0 Å². The smallest absolute Gasteiger partial charge is 0.373 e. The third-order valence-electron chi connectivity index (χ3n) is 3.36. The Bertz CT molecular complexity index is 439. The summed E-state index contributed by atoms with van der Waals surface area (Å²) >= 11 is 0. The molecule has 1 saturated heterocycles. The summed E-state index contributed by atoms with van der Waals surface area (Å²) < 4.78 is 37.8. The van der Waals surface area contributed by atoms with E-state index in [0.29, 0.717) is 30.5 Å². The van der Waals surface area contributed by atoms with Gasteiger partial charge < -0.3 is 10.2 Å². The van der Waals surface area contributed by atoms with Crippen molar-refractivity contribution in [2.24, 2.45) is 5.92 Å². The van der Waals surface area contributed by atoms with E-state index in [1.165, 1.54) is 0 Å². The van der Waals surface area contributed by atoms with Crippen LogP contribution >= 0.6 is 0 Å². The van der Waals surface area contributed by atoms with Crippen LogP contribution in [0, 0.1) is 12.8 Å². The molecule has 4 nitrogen and oxygen atoms in total. The van der Waals surface area contributed by atoms with Crippen LogP contribution in [0.25, 0.3) is 0 Å². The van der Waals surface area contributed by atoms with E-state index in [2.05, 4.69) is 15.3 Å². The molecule has 1 fully saturated rings. The monoisotopic (exact) mass is 274 g/mol. The van der Waals surface area contributed by atoms with Crippen molar-refractivity contribution in [3.8, 4) is 0 Å². The summed E-state index contributed by atoms with van der Waals surface area (Å²) in [6.07, 6.45) is -3.83. The molecule has 1 aromatic heterocycles. The van der Waals surface area contributed by atoms with E-state index in [4.69, 9.17) is 0 Å². The molecule has 1 aromatic rings. The highest BCUT2D eigenvalue weighted by atomic mass is 19.4. The Morgan fingerprint density at radius 2 is 1.89 bits per heavy atom. The largest absolute Gasteiger partial charge is 0.391 e. The second-order valence-electron chi connectivity index (χ2n) is 4.71. The van der Waals surface area contributed by atoms with Crippen LogP contribution in [0.2, 0.25) is 0 Å². The van der Waals surface area contributed by atoms with E-state index in [9.17, 15) is 13.2 Å². The number of aromatic nitrogens is 2. The second-order valence-corrected chi connectivity index (χ2v) is 4.71. The van der Waals surface area contributed by atoms with Gasteiger partial charge in [-0.15, -0.1) is 0 Å². The predicted octanol–water partition coefficient (Wildman–Crippen LogP) is 2.61. The summed E-state index contributed by atoms with van der Waals surface area (Å²) in [6, 6.07) is 1.76. The van der Waals surface area contributed by atoms with Crippen molar-refractivity contribution < 1.29 is 13.2 Å². The van der Waals surface area contributed by atoms with Crippen molar-refractivity contribution >= 4 is 11.6 Å². The maximum Gasteiger partial charge on any atom is 0.391 e. The first-order chi connectivity index (χ1) is 8.90. The Morgan fingerprint density at radius 1 is 1.26 bits per heavy atom. The van der Waals surface area contributed by atoms with Gasteiger partial charge in [0.25, 0.3) is 0 Å². The van der Waals surface area contributed by atoms with Gasteiger partial charge in [0.05, 0.1) is 5.92 Å². The fourth-order valence-electron chi connectivity index (χ4n) is 2.28. The average molecular weight is 274 g/mol. The van der Waals surface area contributed by atoms with Crippen molar-refractivity contribution in [1.82, 2.24) is 9.97 Å². The number of nitrogens with zero attached hydrogens (tertiary/aromatic N) is 3. The maximum absolute atomic E-state index is 12.6. The van der Waals surface area contributed by atoms with Gasteiger partial charge in [-0.1, -0.05) is 0 Å². The zero-order valence-corrected chi connectivity index (χ0v) is 11.0. The van der Waals surface area contributed by atoms with Crippen LogP contribution in [0.5, 0.6) is 0 Å². The third-order valence-corrected chi connectivity index (χ3v) is 3.36. The molecule has 0 radical (unpaired) electrons. The summed E-state index contributed by atoms with van der Waals surface area (Å²) in [4.78, 5) is 10.3. The lowest BCUT2D eigenvalue weighted by Crippen LogP contribution is -2.39. The lowest BCUT2D eigenvalue weighted by Gasteiger charge is -2.33. The minimum absolute atomic E-state index is 0.126. The SMILES string of the molecule is CNc1cc(N2CCC(C(F)(F)F)CC2)nc(C)n1. The fraction of sp³-hybridized carbons (Fsp3) is 0.667. The zero-order valence-electron chi connectivity index (χ0n) is 11.0. The lowest BCUT2D eigenvalue weighted by molar-refractivity contribution is -0.179. The third kappa shape index (κ3) is 3.27. The van der Waals surface area contributed by atoms with Gasteiger partial charge in [0.15, 0.2) is 0 Å². The van der Waals surface area contributed by atoms with E-state index in [-0.39, 0.29) is 12.8 Å². The second kappa shape index (κ2) is 5.22. The van der Waals surface area contributed by atoms with Crippen molar-refractivity contribution in [1.29, 1.82) is 0 Å². The Kier molecular flexibility index (Phi) is 3.82. The van der Waals surface area contributed by atoms with Crippen LogP contribution in [0.15, 0.2) is 6.07 Å². The molecule has 0 aliphatic carbocycles. The fourth-order valence-corrected chi connectivity index (χ4v) is 2.28. The molecule has 1 N–H and O–H groups in total. The van der Waals surface area contributed by atoms with Gasteiger partial charge in [0, 0.05) is 26.2 Å². The van der Waals surface area contributed by atoms with Gasteiger partial charge in [0.2, 0.25) is 0 Å². The molecule has 0 atom stereocenters. The highest BCUT2D eigenvalue weighted by molar-refractivity contribution is 5.49. The molecule has 7 heteroatoms. The number of hydrogen-bond donors (Lipinski definition) is 1. The first-order valence-electron chi connectivity index (χ1n) is 6.25. The average Bonchev–Trinajstić information content (AvgIpc) is 2.37. The Hall–Kier alpha value is -1.53. The Labute approximate surface area is 110 Å². The van der Waals surface area contributed by atoms with Gasteiger partial charge >= 0.3 is 6.18 Å². The van der Waals surface area contributed by atoms with Crippen LogP contribution in [-0.4, -0.2) is 36.3 Å². The summed E-state index contributed by atoms with van der Waals surface area (Å²) in [5.41, 5.74) is 0. The number of piperidine rings is 1. The molecule has 106 valence electrons. The van der Waals surface area contributed by atoms with Crippen LogP contribution in [0.3, 0.4) is 0 Å². The molecule has 0 unspecified atom stereocenters. The van der Waals surface area contributed by atoms with Crippen LogP contribution in [-0.2, 0) is 0 Å². The molecule has 2 rings (SSSR count). The minimum atomic E-state index is -4.08. The van der Waals surface area contributed by atoms with Gasteiger partial charge in [-0.2, -0.15) is 13.2 Å². The number of rotatable bonds is 2. The minimum Gasteiger partial charge on any atom is -0.373 e. The number of aryl methyl sites for hydroxylation is 1. The molecular weight excluding hydrogens is 257 g/mol. The highest BCUT2D eigenvalue weighted by Gasteiger charge is 2.41. The van der Waals surface area contributed by atoms with E-state index in [1.54, 1.807) is 20.0 Å². The van der Waals surface area contributed by atoms with Crippen molar-refractivity contribution in [3.05, 3.63) is 11.9 Å². The summed E-state index contributed by atoms with van der Waals surface area (Å²) in [5, 5.41) is 2.92. The zero-order chi connectivity index (χ0) is 14.0. The molecule has 0 aromatic carbocycles. The molecule has 2 heterocycles. The maximum atomic E-state index is 12.6. The van der Waals surface area contributed by atoms with E-state index >= 15 is 0 Å². The van der Waals surface area contributed by atoms with Crippen LogP contribution < -0.4 is 10.2 Å². The molecular formula is C12H17F3N4. The summed E-state index contributed by atoms with van der Waals surface area (Å²) in [7, 11) is 1.75. The molecule has 0 bridgehead atoms. The quantitative estimate of drug-likeness (QED) is 0.900. The highest BCUT2D eigenvalue weighted by Crippen LogP contribution is 2.35. The molecule has 19 heavy (non-hydrogen) atoms. The van der Waals surface area contributed by atoms with E-state index in [0.717, 1.165) is 0 Å². The van der Waals surface area contributed by atoms with Gasteiger partial charge in [-0.25, -0.2) is 9.97 Å². The van der Waals surface area contributed by atoms with Crippen molar-refractivity contribution in [2.45, 2.75) is 25.9 Å².